The summed E-state index contributed by atoms with van der Waals surface area (Å²) in [6, 6.07) is 17.4. The molecule has 1 saturated heterocycles. The highest BCUT2D eigenvalue weighted by Gasteiger charge is 2.34. The predicted octanol–water partition coefficient (Wildman–Crippen LogP) is 4.19. The maximum absolute atomic E-state index is 12.5. The molecule has 1 fully saturated rings. The molecule has 2 heterocycles. The molecule has 1 aliphatic heterocycles. The number of anilines is 2. The fourth-order valence-electron chi connectivity index (χ4n) is 3.29. The van der Waals surface area contributed by atoms with Crippen molar-refractivity contribution in [3.05, 3.63) is 59.6 Å². The van der Waals surface area contributed by atoms with Crippen LogP contribution in [0.2, 0.25) is 0 Å². The smallest absolute Gasteiger partial charge is 0.227 e. The van der Waals surface area contributed by atoms with Crippen LogP contribution in [0.25, 0.3) is 0 Å². The van der Waals surface area contributed by atoms with Gasteiger partial charge in [0, 0.05) is 41.6 Å². The van der Waals surface area contributed by atoms with E-state index >= 15 is 0 Å². The molecular formula is C22H22N4O3S2. The maximum atomic E-state index is 12.5. The van der Waals surface area contributed by atoms with Gasteiger partial charge >= 0.3 is 0 Å². The van der Waals surface area contributed by atoms with E-state index in [2.05, 4.69) is 15.5 Å². The Morgan fingerprint density at radius 1 is 1.19 bits per heavy atom. The van der Waals surface area contributed by atoms with Crippen molar-refractivity contribution in [2.24, 2.45) is 0 Å². The van der Waals surface area contributed by atoms with Crippen LogP contribution in [0, 0.1) is 0 Å². The minimum atomic E-state index is -0.0894. The van der Waals surface area contributed by atoms with E-state index in [1.165, 1.54) is 11.3 Å². The van der Waals surface area contributed by atoms with Gasteiger partial charge in [0.25, 0.3) is 0 Å². The molecule has 0 bridgehead atoms. The van der Waals surface area contributed by atoms with Gasteiger partial charge in [-0.15, -0.1) is 22.0 Å². The van der Waals surface area contributed by atoms with E-state index < -0.39 is 0 Å². The zero-order chi connectivity index (χ0) is 21.6. The molecule has 7 nitrogen and oxygen atoms in total. The summed E-state index contributed by atoms with van der Waals surface area (Å²) < 4.78 is 5.17. The number of thioether (sulfide) groups is 1. The summed E-state index contributed by atoms with van der Waals surface area (Å²) >= 11 is 2.97. The molecule has 0 spiro atoms. The van der Waals surface area contributed by atoms with E-state index in [4.69, 9.17) is 4.74 Å². The van der Waals surface area contributed by atoms with Crippen molar-refractivity contribution in [3.8, 4) is 5.75 Å². The first-order valence-electron chi connectivity index (χ1n) is 9.88. The van der Waals surface area contributed by atoms with Crippen LogP contribution in [0.4, 0.5) is 10.8 Å². The number of amides is 2. The third-order valence-electron chi connectivity index (χ3n) is 4.89. The Labute approximate surface area is 188 Å². The molecule has 1 aliphatic rings. The third kappa shape index (κ3) is 5.42. The van der Waals surface area contributed by atoms with Gasteiger partial charge in [-0.3, -0.25) is 9.59 Å². The number of nitrogens with zero attached hydrogens (tertiary/aromatic N) is 3. The van der Waals surface area contributed by atoms with E-state index in [0.717, 1.165) is 21.3 Å². The zero-order valence-corrected chi connectivity index (χ0v) is 18.6. The molecule has 9 heteroatoms. The highest BCUT2D eigenvalue weighted by atomic mass is 32.2. The number of benzene rings is 2. The molecule has 160 valence electrons. The van der Waals surface area contributed by atoms with Crippen LogP contribution in [0.5, 0.6) is 5.75 Å². The molecule has 1 N–H and O–H groups in total. The Morgan fingerprint density at radius 2 is 1.97 bits per heavy atom. The summed E-state index contributed by atoms with van der Waals surface area (Å²) in [4.78, 5) is 27.6. The predicted molar refractivity (Wildman–Crippen MR) is 123 cm³/mol. The Balaban J connectivity index is 1.30. The van der Waals surface area contributed by atoms with Gasteiger partial charge in [-0.1, -0.05) is 29.5 Å². The lowest BCUT2D eigenvalue weighted by Crippen LogP contribution is -2.24. The van der Waals surface area contributed by atoms with Crippen molar-refractivity contribution >= 4 is 45.7 Å². The molecule has 2 aromatic carbocycles. The molecule has 1 aromatic heterocycles. The largest absolute Gasteiger partial charge is 0.497 e. The van der Waals surface area contributed by atoms with Crippen LogP contribution in [-0.4, -0.2) is 41.4 Å². The van der Waals surface area contributed by atoms with Crippen molar-refractivity contribution in [1.82, 2.24) is 10.2 Å². The second-order valence-electron chi connectivity index (χ2n) is 7.01. The van der Waals surface area contributed by atoms with Gasteiger partial charge < -0.3 is 15.0 Å². The molecule has 1 atom stereocenters. The molecule has 0 radical (unpaired) electrons. The molecule has 0 aliphatic carbocycles. The van der Waals surface area contributed by atoms with Crippen LogP contribution in [0.3, 0.4) is 0 Å². The number of aromatic nitrogens is 2. The standard InChI is InChI=1S/C22H22N4O3S2/c1-29-17-9-7-16(8-10-17)26-14-15(13-20(26)28)21-24-25-22(31-21)23-19(27)11-12-30-18-5-3-2-4-6-18/h2-10,15H,11-14H2,1H3,(H,23,25,27)/t15-/m0/s1. The molecular weight excluding hydrogens is 432 g/mol. The van der Waals surface area contributed by atoms with Gasteiger partial charge in [-0.25, -0.2) is 0 Å². The van der Waals surface area contributed by atoms with E-state index in [0.29, 0.717) is 30.3 Å². The number of nitrogens with one attached hydrogen (secondary N) is 1. The summed E-state index contributed by atoms with van der Waals surface area (Å²) in [5, 5.41) is 12.4. The highest BCUT2D eigenvalue weighted by Crippen LogP contribution is 2.34. The number of carbonyl (C=O) groups excluding carboxylic acids is 2. The van der Waals surface area contributed by atoms with Crippen LogP contribution in [-0.2, 0) is 9.59 Å². The number of rotatable bonds is 8. The summed E-state index contributed by atoms with van der Waals surface area (Å²) in [5.74, 6) is 1.36. The second kappa shape index (κ2) is 9.93. The summed E-state index contributed by atoms with van der Waals surface area (Å²) in [5.41, 5.74) is 0.835. The Morgan fingerprint density at radius 3 is 2.71 bits per heavy atom. The minimum Gasteiger partial charge on any atom is -0.497 e. The van der Waals surface area contributed by atoms with Gasteiger partial charge in [-0.05, 0) is 36.4 Å². The topological polar surface area (TPSA) is 84.4 Å². The van der Waals surface area contributed by atoms with E-state index in [1.807, 2.05) is 54.6 Å². The molecule has 0 saturated carbocycles. The number of carbonyl (C=O) groups is 2. The van der Waals surface area contributed by atoms with Crippen molar-refractivity contribution in [3.63, 3.8) is 0 Å². The lowest BCUT2D eigenvalue weighted by atomic mass is 10.1. The second-order valence-corrected chi connectivity index (χ2v) is 9.19. The Kier molecular flexibility index (Phi) is 6.83. The normalized spacial score (nSPS) is 15.8. The van der Waals surface area contributed by atoms with Crippen LogP contribution in [0.15, 0.2) is 59.5 Å². The van der Waals surface area contributed by atoms with Gasteiger partial charge in [0.1, 0.15) is 10.8 Å². The van der Waals surface area contributed by atoms with Crippen molar-refractivity contribution < 1.29 is 14.3 Å². The molecule has 0 unspecified atom stereocenters. The average Bonchev–Trinajstić information content (AvgIpc) is 3.41. The van der Waals surface area contributed by atoms with Crippen molar-refractivity contribution in [2.75, 3.05) is 29.6 Å². The fraction of sp³-hybridized carbons (Fsp3) is 0.273. The molecule has 31 heavy (non-hydrogen) atoms. The lowest BCUT2D eigenvalue weighted by Gasteiger charge is -2.16. The van der Waals surface area contributed by atoms with E-state index in [-0.39, 0.29) is 17.7 Å². The first kappa shape index (κ1) is 21.3. The number of hydrogen-bond acceptors (Lipinski definition) is 7. The number of methoxy groups -OCH3 is 1. The van der Waals surface area contributed by atoms with E-state index in [1.54, 1.807) is 23.8 Å². The third-order valence-corrected chi connectivity index (χ3v) is 6.90. The zero-order valence-electron chi connectivity index (χ0n) is 17.0. The SMILES string of the molecule is COc1ccc(N2C[C@@H](c3nnc(NC(=O)CCSc4ccccc4)s3)CC2=O)cc1. The molecule has 2 amide bonds. The number of ether oxygens (including phenoxy) is 1. The lowest BCUT2D eigenvalue weighted by molar-refractivity contribution is -0.117. The summed E-state index contributed by atoms with van der Waals surface area (Å²) in [6.45, 7) is 0.543. The van der Waals surface area contributed by atoms with Gasteiger partial charge in [0.05, 0.1) is 7.11 Å². The Bertz CT molecular complexity index is 1040. The quantitative estimate of drug-likeness (QED) is 0.514. The van der Waals surface area contributed by atoms with Crippen molar-refractivity contribution in [1.29, 1.82) is 0 Å². The monoisotopic (exact) mass is 454 g/mol. The summed E-state index contributed by atoms with van der Waals surface area (Å²) in [6.07, 6.45) is 0.768. The average molecular weight is 455 g/mol. The molecule has 4 rings (SSSR count). The van der Waals surface area contributed by atoms with Gasteiger partial charge in [0.15, 0.2) is 0 Å². The van der Waals surface area contributed by atoms with Crippen LogP contribution in [0.1, 0.15) is 23.8 Å². The highest BCUT2D eigenvalue weighted by molar-refractivity contribution is 7.99. The number of hydrogen-bond donors (Lipinski definition) is 1. The van der Waals surface area contributed by atoms with Crippen LogP contribution >= 0.6 is 23.1 Å². The first-order valence-corrected chi connectivity index (χ1v) is 11.7. The van der Waals surface area contributed by atoms with Crippen molar-refractivity contribution in [2.45, 2.75) is 23.7 Å². The minimum absolute atomic E-state index is 0.0358. The maximum Gasteiger partial charge on any atom is 0.227 e. The first-order chi connectivity index (χ1) is 15.1. The van der Waals surface area contributed by atoms with Crippen LogP contribution < -0.4 is 15.0 Å². The summed E-state index contributed by atoms with van der Waals surface area (Å²) in [7, 11) is 1.61. The molecule has 3 aromatic rings. The van der Waals surface area contributed by atoms with Gasteiger partial charge in [-0.2, -0.15) is 0 Å². The fourth-order valence-corrected chi connectivity index (χ4v) is 5.02. The van der Waals surface area contributed by atoms with E-state index in [9.17, 15) is 9.59 Å². The van der Waals surface area contributed by atoms with Gasteiger partial charge in [0.2, 0.25) is 16.9 Å². The Hall–Kier alpha value is -2.91.